The van der Waals surface area contributed by atoms with E-state index >= 15 is 0 Å². The molecule has 7 nitrogen and oxygen atoms in total. The van der Waals surface area contributed by atoms with Crippen LogP contribution in [0, 0.1) is 6.92 Å². The molecule has 31 heavy (non-hydrogen) atoms. The van der Waals surface area contributed by atoms with E-state index in [0.29, 0.717) is 16.9 Å². The summed E-state index contributed by atoms with van der Waals surface area (Å²) in [6, 6.07) is 11.4. The Morgan fingerprint density at radius 1 is 1.10 bits per heavy atom. The second kappa shape index (κ2) is 8.39. The molecule has 156 valence electrons. The maximum absolute atomic E-state index is 13.0. The largest absolute Gasteiger partial charge is 0.507 e. The number of hydrogen-bond acceptors (Lipinski definition) is 6. The molecule has 0 aliphatic carbocycles. The predicted octanol–water partition coefficient (Wildman–Crippen LogP) is 3.42. The SMILES string of the molecule is COc1ccc(/C(O)=C2\C(=O)C(=O)N(Cc3cccnc3)[C@H]2c2ccncc2)cc1C. The molecule has 1 saturated heterocycles. The van der Waals surface area contributed by atoms with Gasteiger partial charge in [-0.25, -0.2) is 0 Å². The molecule has 1 aromatic carbocycles. The Kier molecular flexibility index (Phi) is 5.49. The lowest BCUT2D eigenvalue weighted by Gasteiger charge is -2.25. The standard InChI is InChI=1S/C24H21N3O4/c1-15-12-18(5-6-19(15)31-2)22(28)20-21(17-7-10-25-11-8-17)27(24(30)23(20)29)14-16-4-3-9-26-13-16/h3-13,21,28H,14H2,1-2H3/b22-20+/t21-/m0/s1. The molecular weight excluding hydrogens is 394 g/mol. The first kappa shape index (κ1) is 20.3. The minimum Gasteiger partial charge on any atom is -0.507 e. The number of Topliss-reactive ketones (excluding diaryl/α,β-unsaturated/α-hetero) is 1. The first-order valence-electron chi connectivity index (χ1n) is 9.73. The van der Waals surface area contributed by atoms with Crippen LogP contribution in [0.4, 0.5) is 0 Å². The van der Waals surface area contributed by atoms with Gasteiger partial charge in [-0.3, -0.25) is 19.6 Å². The van der Waals surface area contributed by atoms with Gasteiger partial charge in [0, 0.05) is 36.9 Å². The van der Waals surface area contributed by atoms with Crippen molar-refractivity contribution in [2.45, 2.75) is 19.5 Å². The highest BCUT2D eigenvalue weighted by molar-refractivity contribution is 6.46. The van der Waals surface area contributed by atoms with Crippen molar-refractivity contribution >= 4 is 17.4 Å². The second-order valence-electron chi connectivity index (χ2n) is 7.25. The average Bonchev–Trinajstić information content (AvgIpc) is 3.04. The minimum atomic E-state index is -0.745. The number of methoxy groups -OCH3 is 1. The smallest absolute Gasteiger partial charge is 0.295 e. The summed E-state index contributed by atoms with van der Waals surface area (Å²) in [7, 11) is 1.56. The summed E-state index contributed by atoms with van der Waals surface area (Å²) >= 11 is 0. The van der Waals surface area contributed by atoms with Crippen LogP contribution in [0.1, 0.15) is 28.3 Å². The quantitative estimate of drug-likeness (QED) is 0.390. The fourth-order valence-electron chi connectivity index (χ4n) is 3.80. The monoisotopic (exact) mass is 415 g/mol. The molecule has 1 aliphatic heterocycles. The Balaban J connectivity index is 1.85. The lowest BCUT2D eigenvalue weighted by molar-refractivity contribution is -0.140. The van der Waals surface area contributed by atoms with Crippen LogP contribution < -0.4 is 4.74 Å². The van der Waals surface area contributed by atoms with Gasteiger partial charge in [0.05, 0.1) is 18.7 Å². The Hall–Kier alpha value is -4.00. The molecule has 2 aromatic heterocycles. The maximum atomic E-state index is 13.0. The van der Waals surface area contributed by atoms with Crippen LogP contribution in [0.3, 0.4) is 0 Å². The summed E-state index contributed by atoms with van der Waals surface area (Å²) in [5.74, 6) is -0.951. The third-order valence-corrected chi connectivity index (χ3v) is 5.31. The Labute approximate surface area is 179 Å². The summed E-state index contributed by atoms with van der Waals surface area (Å²) in [6.45, 7) is 2.03. The molecule has 0 bridgehead atoms. The van der Waals surface area contributed by atoms with Crippen molar-refractivity contribution in [3.63, 3.8) is 0 Å². The van der Waals surface area contributed by atoms with Gasteiger partial charge in [-0.1, -0.05) is 6.07 Å². The van der Waals surface area contributed by atoms with Gasteiger partial charge in [0.15, 0.2) is 0 Å². The first-order valence-corrected chi connectivity index (χ1v) is 9.73. The van der Waals surface area contributed by atoms with Crippen LogP contribution in [0.2, 0.25) is 0 Å². The van der Waals surface area contributed by atoms with Crippen LogP contribution in [0.5, 0.6) is 5.75 Å². The molecule has 1 atom stereocenters. The first-order chi connectivity index (χ1) is 15.0. The number of aryl methyl sites for hydroxylation is 1. The topological polar surface area (TPSA) is 92.6 Å². The fraction of sp³-hybridized carbons (Fsp3) is 0.167. The number of hydrogen-bond donors (Lipinski definition) is 1. The summed E-state index contributed by atoms with van der Waals surface area (Å²) in [4.78, 5) is 35.6. The zero-order chi connectivity index (χ0) is 22.0. The highest BCUT2D eigenvalue weighted by atomic mass is 16.5. The number of likely N-dealkylation sites (tertiary alicyclic amines) is 1. The molecule has 4 rings (SSSR count). The highest BCUT2D eigenvalue weighted by Gasteiger charge is 2.46. The summed E-state index contributed by atoms with van der Waals surface area (Å²) in [5.41, 5.74) is 2.76. The number of nitrogens with zero attached hydrogens (tertiary/aromatic N) is 3. The second-order valence-corrected chi connectivity index (χ2v) is 7.25. The molecule has 1 amide bonds. The molecule has 1 aliphatic rings. The van der Waals surface area contributed by atoms with Gasteiger partial charge >= 0.3 is 0 Å². The number of aliphatic hydroxyl groups is 1. The molecule has 1 fully saturated rings. The molecule has 0 saturated carbocycles. The number of carbonyl (C=O) groups excluding carboxylic acids is 2. The average molecular weight is 415 g/mol. The molecule has 0 spiro atoms. The number of pyridine rings is 2. The predicted molar refractivity (Wildman–Crippen MR) is 114 cm³/mol. The fourth-order valence-corrected chi connectivity index (χ4v) is 3.80. The summed E-state index contributed by atoms with van der Waals surface area (Å²) in [6.07, 6.45) is 6.48. The van der Waals surface area contributed by atoms with E-state index in [1.165, 1.54) is 4.90 Å². The van der Waals surface area contributed by atoms with Gasteiger partial charge in [0.1, 0.15) is 11.5 Å². The minimum absolute atomic E-state index is 0.0460. The molecule has 1 N–H and O–H groups in total. The Morgan fingerprint density at radius 2 is 1.87 bits per heavy atom. The van der Waals surface area contributed by atoms with Crippen LogP contribution in [-0.2, 0) is 16.1 Å². The number of ketones is 1. The van der Waals surface area contributed by atoms with E-state index in [1.54, 1.807) is 68.3 Å². The van der Waals surface area contributed by atoms with Crippen LogP contribution in [-0.4, -0.2) is 38.8 Å². The van der Waals surface area contributed by atoms with Crippen molar-refractivity contribution < 1.29 is 19.4 Å². The normalized spacial score (nSPS) is 17.7. The number of amides is 1. The van der Waals surface area contributed by atoms with Crippen LogP contribution >= 0.6 is 0 Å². The van der Waals surface area contributed by atoms with E-state index in [1.807, 2.05) is 13.0 Å². The van der Waals surface area contributed by atoms with Gasteiger partial charge in [-0.05, 0) is 60.0 Å². The highest BCUT2D eigenvalue weighted by Crippen LogP contribution is 2.40. The van der Waals surface area contributed by atoms with Gasteiger partial charge in [-0.15, -0.1) is 0 Å². The number of rotatable bonds is 5. The van der Waals surface area contributed by atoms with Gasteiger partial charge in [0.2, 0.25) is 0 Å². The lowest BCUT2D eigenvalue weighted by Crippen LogP contribution is -2.29. The Bertz CT molecular complexity index is 1160. The molecular formula is C24H21N3O4. The lowest BCUT2D eigenvalue weighted by atomic mass is 9.95. The van der Waals surface area contributed by atoms with Gasteiger partial charge in [-0.2, -0.15) is 0 Å². The molecule has 7 heteroatoms. The van der Waals surface area contributed by atoms with Crippen molar-refractivity contribution in [3.8, 4) is 5.75 Å². The maximum Gasteiger partial charge on any atom is 0.295 e. The van der Waals surface area contributed by atoms with E-state index < -0.39 is 17.7 Å². The molecule has 0 radical (unpaired) electrons. The van der Waals surface area contributed by atoms with Gasteiger partial charge in [0.25, 0.3) is 11.7 Å². The van der Waals surface area contributed by atoms with E-state index in [4.69, 9.17) is 4.74 Å². The number of carbonyl (C=O) groups is 2. The summed E-state index contributed by atoms with van der Waals surface area (Å²) < 4.78 is 5.28. The van der Waals surface area contributed by atoms with Crippen molar-refractivity contribution in [1.29, 1.82) is 0 Å². The molecule has 0 unspecified atom stereocenters. The Morgan fingerprint density at radius 3 is 2.52 bits per heavy atom. The van der Waals surface area contributed by atoms with E-state index in [-0.39, 0.29) is 17.9 Å². The van der Waals surface area contributed by atoms with Crippen molar-refractivity contribution in [1.82, 2.24) is 14.9 Å². The number of benzene rings is 1. The molecule has 3 aromatic rings. The number of aromatic nitrogens is 2. The molecule has 3 heterocycles. The number of aliphatic hydroxyl groups excluding tert-OH is 1. The van der Waals surface area contributed by atoms with E-state index in [9.17, 15) is 14.7 Å². The van der Waals surface area contributed by atoms with E-state index in [0.717, 1.165) is 11.1 Å². The zero-order valence-electron chi connectivity index (χ0n) is 17.1. The van der Waals surface area contributed by atoms with Crippen LogP contribution in [0.15, 0.2) is 72.8 Å². The zero-order valence-corrected chi connectivity index (χ0v) is 17.1. The summed E-state index contributed by atoms with van der Waals surface area (Å²) in [5, 5.41) is 11.1. The van der Waals surface area contributed by atoms with E-state index in [2.05, 4.69) is 9.97 Å². The van der Waals surface area contributed by atoms with Crippen LogP contribution in [0.25, 0.3) is 5.76 Å². The third kappa shape index (κ3) is 3.77. The third-order valence-electron chi connectivity index (χ3n) is 5.31. The number of ether oxygens (including phenoxy) is 1. The van der Waals surface area contributed by atoms with Crippen molar-refractivity contribution in [2.75, 3.05) is 7.11 Å². The van der Waals surface area contributed by atoms with Crippen molar-refractivity contribution in [3.05, 3.63) is 95.1 Å². The van der Waals surface area contributed by atoms with Gasteiger partial charge < -0.3 is 14.7 Å². The van der Waals surface area contributed by atoms with Crippen molar-refractivity contribution in [2.24, 2.45) is 0 Å².